The smallest absolute Gasteiger partial charge is 0.259 e. The van der Waals surface area contributed by atoms with Gasteiger partial charge in [-0.15, -0.1) is 0 Å². The molecule has 1 aliphatic heterocycles. The summed E-state index contributed by atoms with van der Waals surface area (Å²) in [5.74, 6) is -0.427. The van der Waals surface area contributed by atoms with Crippen molar-refractivity contribution in [2.24, 2.45) is 0 Å². The van der Waals surface area contributed by atoms with Crippen molar-refractivity contribution in [2.75, 3.05) is 0 Å². The van der Waals surface area contributed by atoms with E-state index >= 15 is 0 Å². The van der Waals surface area contributed by atoms with Gasteiger partial charge in [-0.05, 0) is 25.1 Å². The van der Waals surface area contributed by atoms with Gasteiger partial charge in [-0.3, -0.25) is 19.5 Å². The van der Waals surface area contributed by atoms with Crippen LogP contribution < -0.4 is 5.32 Å². The predicted molar refractivity (Wildman–Crippen MR) is 87.2 cm³/mol. The molecule has 1 aliphatic rings. The minimum atomic E-state index is -0.633. The largest absolute Gasteiger partial charge is 0.349 e. The Kier molecular flexibility index (Phi) is 3.93. The molecule has 0 radical (unpaired) electrons. The van der Waals surface area contributed by atoms with Crippen LogP contribution in [-0.4, -0.2) is 27.7 Å². The number of carbonyl (C=O) groups is 2. The van der Waals surface area contributed by atoms with Gasteiger partial charge in [0.25, 0.3) is 5.91 Å². The van der Waals surface area contributed by atoms with Crippen LogP contribution in [-0.2, 0) is 11.3 Å². The van der Waals surface area contributed by atoms with Crippen LogP contribution in [0.4, 0.5) is 0 Å². The summed E-state index contributed by atoms with van der Waals surface area (Å²) in [5.41, 5.74) is 2.69. The molecule has 1 atom stereocenters. The topological polar surface area (TPSA) is 62.3 Å². The van der Waals surface area contributed by atoms with Gasteiger partial charge in [0.15, 0.2) is 0 Å². The summed E-state index contributed by atoms with van der Waals surface area (Å²) in [4.78, 5) is 30.5. The highest BCUT2D eigenvalue weighted by Gasteiger charge is 2.36. The molecule has 2 heterocycles. The van der Waals surface area contributed by atoms with Gasteiger partial charge in [0.05, 0.1) is 12.2 Å². The Morgan fingerprint density at radius 3 is 2.57 bits per heavy atom. The van der Waals surface area contributed by atoms with E-state index in [1.165, 1.54) is 4.90 Å². The number of benzene rings is 1. The van der Waals surface area contributed by atoms with Gasteiger partial charge in [-0.1, -0.05) is 30.8 Å². The van der Waals surface area contributed by atoms with Crippen LogP contribution in [0.15, 0.2) is 55.2 Å². The summed E-state index contributed by atoms with van der Waals surface area (Å²) in [5, 5.41) is 2.81. The Balaban J connectivity index is 1.71. The first-order valence-electron chi connectivity index (χ1n) is 7.39. The second-order valence-corrected chi connectivity index (χ2v) is 5.38. The number of hydrogen-bond donors (Lipinski definition) is 1. The minimum Gasteiger partial charge on any atom is -0.349 e. The average Bonchev–Trinajstić information content (AvgIpc) is 2.84. The third-order valence-corrected chi connectivity index (χ3v) is 3.91. The Hall–Kier alpha value is -2.95. The van der Waals surface area contributed by atoms with E-state index in [1.807, 2.05) is 30.3 Å². The van der Waals surface area contributed by atoms with Crippen molar-refractivity contribution in [3.05, 3.63) is 72.1 Å². The molecule has 2 aromatic rings. The number of pyridine rings is 1. The lowest BCUT2D eigenvalue weighted by atomic mass is 10.1. The summed E-state index contributed by atoms with van der Waals surface area (Å²) in [7, 11) is 0. The van der Waals surface area contributed by atoms with Gasteiger partial charge in [-0.2, -0.15) is 0 Å². The second-order valence-electron chi connectivity index (χ2n) is 5.38. The van der Waals surface area contributed by atoms with Crippen molar-refractivity contribution in [1.82, 2.24) is 15.2 Å². The first-order chi connectivity index (χ1) is 11.1. The molecule has 0 spiro atoms. The summed E-state index contributed by atoms with van der Waals surface area (Å²) >= 11 is 0. The Morgan fingerprint density at radius 1 is 1.22 bits per heavy atom. The molecule has 5 nitrogen and oxygen atoms in total. The normalized spacial score (nSPS) is 14.6. The maximum Gasteiger partial charge on any atom is 0.259 e. The Labute approximate surface area is 134 Å². The monoisotopic (exact) mass is 307 g/mol. The van der Waals surface area contributed by atoms with Crippen molar-refractivity contribution in [2.45, 2.75) is 19.5 Å². The summed E-state index contributed by atoms with van der Waals surface area (Å²) in [6, 6.07) is 12.1. The molecule has 1 N–H and O–H groups in total. The quantitative estimate of drug-likeness (QED) is 0.942. The SMILES string of the molecule is C=C1c2ccccc2C(=O)N1C(C)C(=O)NCc1ccccn1. The third-order valence-electron chi connectivity index (χ3n) is 3.91. The van der Waals surface area contributed by atoms with Crippen LogP contribution >= 0.6 is 0 Å². The molecule has 1 unspecified atom stereocenters. The van der Waals surface area contributed by atoms with Crippen LogP contribution in [0.5, 0.6) is 0 Å². The van der Waals surface area contributed by atoms with E-state index in [1.54, 1.807) is 25.3 Å². The molecule has 0 saturated heterocycles. The van der Waals surface area contributed by atoms with Crippen LogP contribution in [0.2, 0.25) is 0 Å². The molecule has 0 saturated carbocycles. The van der Waals surface area contributed by atoms with Gasteiger partial charge >= 0.3 is 0 Å². The van der Waals surface area contributed by atoms with Crippen LogP contribution in [0.3, 0.4) is 0 Å². The van der Waals surface area contributed by atoms with E-state index in [2.05, 4.69) is 16.9 Å². The lowest BCUT2D eigenvalue weighted by molar-refractivity contribution is -0.124. The van der Waals surface area contributed by atoms with Crippen molar-refractivity contribution >= 4 is 17.5 Å². The molecule has 1 aromatic heterocycles. The lowest BCUT2D eigenvalue weighted by Crippen LogP contribution is -2.44. The summed E-state index contributed by atoms with van der Waals surface area (Å²) in [6.07, 6.45) is 1.67. The molecule has 2 amide bonds. The fraction of sp³-hybridized carbons (Fsp3) is 0.167. The molecule has 5 heteroatoms. The minimum absolute atomic E-state index is 0.189. The fourth-order valence-electron chi connectivity index (χ4n) is 2.66. The van der Waals surface area contributed by atoms with E-state index < -0.39 is 6.04 Å². The zero-order chi connectivity index (χ0) is 16.4. The summed E-state index contributed by atoms with van der Waals surface area (Å²) < 4.78 is 0. The van der Waals surface area contributed by atoms with Crippen LogP contribution in [0, 0.1) is 0 Å². The zero-order valence-corrected chi connectivity index (χ0v) is 12.8. The second kappa shape index (κ2) is 6.04. The molecule has 0 fully saturated rings. The number of rotatable bonds is 4. The molecule has 1 aromatic carbocycles. The maximum absolute atomic E-state index is 12.5. The van der Waals surface area contributed by atoms with Crippen molar-refractivity contribution in [3.8, 4) is 0 Å². The maximum atomic E-state index is 12.5. The molecule has 3 rings (SSSR count). The molecule has 0 bridgehead atoms. The van der Waals surface area contributed by atoms with E-state index in [0.29, 0.717) is 17.8 Å². The number of nitrogens with one attached hydrogen (secondary N) is 1. The number of hydrogen-bond acceptors (Lipinski definition) is 3. The number of carbonyl (C=O) groups excluding carboxylic acids is 2. The standard InChI is InChI=1S/C18H17N3O2/c1-12-15-8-3-4-9-16(15)18(23)21(12)13(2)17(22)20-11-14-7-5-6-10-19-14/h3-10,13H,1,11H2,2H3,(H,20,22). The van der Waals surface area contributed by atoms with Gasteiger partial charge in [0.1, 0.15) is 6.04 Å². The highest BCUT2D eigenvalue weighted by atomic mass is 16.2. The molecular formula is C18H17N3O2. The number of aromatic nitrogens is 1. The van der Waals surface area contributed by atoms with Gasteiger partial charge < -0.3 is 5.32 Å². The van der Waals surface area contributed by atoms with Crippen LogP contribution in [0.1, 0.15) is 28.5 Å². The lowest BCUT2D eigenvalue weighted by Gasteiger charge is -2.24. The first-order valence-corrected chi connectivity index (χ1v) is 7.39. The van der Waals surface area contributed by atoms with Crippen LogP contribution in [0.25, 0.3) is 5.70 Å². The number of fused-ring (bicyclic) bond motifs is 1. The van der Waals surface area contributed by atoms with Crippen molar-refractivity contribution < 1.29 is 9.59 Å². The van der Waals surface area contributed by atoms with Gasteiger partial charge in [0, 0.05) is 23.0 Å². The van der Waals surface area contributed by atoms with E-state index in [0.717, 1.165) is 11.3 Å². The van der Waals surface area contributed by atoms with E-state index in [-0.39, 0.29) is 11.8 Å². The highest BCUT2D eigenvalue weighted by Crippen LogP contribution is 2.32. The molecule has 0 aliphatic carbocycles. The molecule has 116 valence electrons. The van der Waals surface area contributed by atoms with Gasteiger partial charge in [-0.25, -0.2) is 0 Å². The fourth-order valence-corrected chi connectivity index (χ4v) is 2.66. The van der Waals surface area contributed by atoms with E-state index in [9.17, 15) is 9.59 Å². The van der Waals surface area contributed by atoms with Gasteiger partial charge in [0.2, 0.25) is 5.91 Å². The van der Waals surface area contributed by atoms with Crippen molar-refractivity contribution in [3.63, 3.8) is 0 Å². The van der Waals surface area contributed by atoms with E-state index in [4.69, 9.17) is 0 Å². The third kappa shape index (κ3) is 2.73. The Morgan fingerprint density at radius 2 is 1.91 bits per heavy atom. The average molecular weight is 307 g/mol. The molecular weight excluding hydrogens is 290 g/mol. The first kappa shape index (κ1) is 15.0. The zero-order valence-electron chi connectivity index (χ0n) is 12.8. The number of nitrogens with zero attached hydrogens (tertiary/aromatic N) is 2. The molecule has 23 heavy (non-hydrogen) atoms. The summed E-state index contributed by atoms with van der Waals surface area (Å²) in [6.45, 7) is 5.98. The predicted octanol–water partition coefficient (Wildman–Crippen LogP) is 2.21. The van der Waals surface area contributed by atoms with Crippen molar-refractivity contribution in [1.29, 1.82) is 0 Å². The Bertz CT molecular complexity index is 736. The highest BCUT2D eigenvalue weighted by molar-refractivity contribution is 6.10. The number of amides is 2.